The van der Waals surface area contributed by atoms with Crippen LogP contribution in [-0.4, -0.2) is 35.6 Å². The number of nitrogens with zero attached hydrogens (tertiary/aromatic N) is 2. The van der Waals surface area contributed by atoms with Crippen LogP contribution in [0.2, 0.25) is 0 Å². The third kappa shape index (κ3) is 3.10. The second-order valence-corrected chi connectivity index (χ2v) is 4.94. The average Bonchev–Trinajstić information content (AvgIpc) is 2.39. The Hall–Kier alpha value is -1.36. The molecule has 0 aliphatic heterocycles. The van der Waals surface area contributed by atoms with E-state index in [0.29, 0.717) is 12.1 Å². The molecular formula is C13H22N4O. The van der Waals surface area contributed by atoms with E-state index in [1.165, 1.54) is 19.2 Å². The van der Waals surface area contributed by atoms with Gasteiger partial charge in [-0.2, -0.15) is 0 Å². The van der Waals surface area contributed by atoms with Crippen molar-refractivity contribution in [3.63, 3.8) is 0 Å². The zero-order valence-electron chi connectivity index (χ0n) is 11.1. The zero-order valence-corrected chi connectivity index (χ0v) is 11.1. The van der Waals surface area contributed by atoms with E-state index in [4.69, 9.17) is 0 Å². The van der Waals surface area contributed by atoms with E-state index in [-0.39, 0.29) is 5.56 Å². The molecule has 1 heterocycles. The smallest absolute Gasteiger partial charge is 0.252 e. The molecule has 1 aliphatic carbocycles. The number of anilines is 1. The van der Waals surface area contributed by atoms with Crippen LogP contribution >= 0.6 is 0 Å². The monoisotopic (exact) mass is 250 g/mol. The third-order valence-electron chi connectivity index (χ3n) is 3.76. The fraction of sp³-hybridized carbons (Fsp3) is 0.692. The SMILES string of the molecule is CCNC1CCC(N(C)c2cc(=O)[nH]cn2)CC1. The number of hydrogen-bond acceptors (Lipinski definition) is 4. The number of rotatable bonds is 4. The highest BCUT2D eigenvalue weighted by molar-refractivity contribution is 5.36. The molecule has 0 atom stereocenters. The first-order valence-electron chi connectivity index (χ1n) is 6.71. The number of hydrogen-bond donors (Lipinski definition) is 2. The van der Waals surface area contributed by atoms with Gasteiger partial charge in [-0.15, -0.1) is 0 Å². The van der Waals surface area contributed by atoms with Crippen molar-refractivity contribution in [1.82, 2.24) is 15.3 Å². The predicted molar refractivity (Wildman–Crippen MR) is 73.0 cm³/mol. The molecular weight excluding hydrogens is 228 g/mol. The summed E-state index contributed by atoms with van der Waals surface area (Å²) in [7, 11) is 2.03. The maximum absolute atomic E-state index is 11.3. The molecule has 2 N–H and O–H groups in total. The Morgan fingerprint density at radius 3 is 2.78 bits per heavy atom. The normalized spacial score (nSPS) is 23.9. The molecule has 5 nitrogen and oxygen atoms in total. The highest BCUT2D eigenvalue weighted by Gasteiger charge is 2.24. The van der Waals surface area contributed by atoms with Crippen LogP contribution in [0.5, 0.6) is 0 Å². The van der Waals surface area contributed by atoms with Gasteiger partial charge in [0.25, 0.3) is 5.56 Å². The van der Waals surface area contributed by atoms with Gasteiger partial charge in [0.15, 0.2) is 0 Å². The second kappa shape index (κ2) is 6.00. The molecule has 1 aromatic heterocycles. The average molecular weight is 250 g/mol. The lowest BCUT2D eigenvalue weighted by Gasteiger charge is -2.35. The second-order valence-electron chi connectivity index (χ2n) is 4.94. The molecule has 0 saturated heterocycles. The quantitative estimate of drug-likeness (QED) is 0.841. The Kier molecular flexibility index (Phi) is 4.36. The molecule has 0 spiro atoms. The summed E-state index contributed by atoms with van der Waals surface area (Å²) < 4.78 is 0. The van der Waals surface area contributed by atoms with Gasteiger partial charge in [0.1, 0.15) is 5.82 Å². The minimum absolute atomic E-state index is 0.0896. The molecule has 0 unspecified atom stereocenters. The maximum atomic E-state index is 11.3. The van der Waals surface area contributed by atoms with Crippen molar-refractivity contribution in [2.45, 2.75) is 44.7 Å². The van der Waals surface area contributed by atoms with E-state index in [1.54, 1.807) is 6.07 Å². The van der Waals surface area contributed by atoms with Gasteiger partial charge in [-0.25, -0.2) is 4.98 Å². The van der Waals surface area contributed by atoms with Gasteiger partial charge < -0.3 is 15.2 Å². The summed E-state index contributed by atoms with van der Waals surface area (Å²) in [6, 6.07) is 2.72. The Labute approximate surface area is 108 Å². The fourth-order valence-corrected chi connectivity index (χ4v) is 2.69. The molecule has 1 aliphatic rings. The van der Waals surface area contributed by atoms with Crippen LogP contribution in [0.3, 0.4) is 0 Å². The Balaban J connectivity index is 1.95. The molecule has 5 heteroatoms. The standard InChI is InChI=1S/C13H22N4O/c1-3-14-10-4-6-11(7-5-10)17(2)12-8-13(18)16-9-15-12/h8-11,14H,3-7H2,1-2H3,(H,15,16,18). The zero-order chi connectivity index (χ0) is 13.0. The first-order chi connectivity index (χ1) is 8.70. The third-order valence-corrected chi connectivity index (χ3v) is 3.76. The van der Waals surface area contributed by atoms with E-state index in [1.807, 2.05) is 7.05 Å². The molecule has 1 saturated carbocycles. The number of aromatic amines is 1. The van der Waals surface area contributed by atoms with E-state index >= 15 is 0 Å². The van der Waals surface area contributed by atoms with Crippen LogP contribution in [0.25, 0.3) is 0 Å². The van der Waals surface area contributed by atoms with Crippen LogP contribution in [0.1, 0.15) is 32.6 Å². The molecule has 1 aromatic rings. The van der Waals surface area contributed by atoms with Crippen LogP contribution < -0.4 is 15.8 Å². The van der Waals surface area contributed by atoms with Crippen molar-refractivity contribution >= 4 is 5.82 Å². The van der Waals surface area contributed by atoms with Gasteiger partial charge in [-0.3, -0.25) is 4.79 Å². The lowest BCUT2D eigenvalue weighted by Crippen LogP contribution is -2.41. The fourth-order valence-electron chi connectivity index (χ4n) is 2.69. The van der Waals surface area contributed by atoms with Crippen LogP contribution in [0.4, 0.5) is 5.82 Å². The minimum atomic E-state index is -0.0896. The van der Waals surface area contributed by atoms with Gasteiger partial charge in [-0.05, 0) is 32.2 Å². The van der Waals surface area contributed by atoms with Crippen molar-refractivity contribution in [3.8, 4) is 0 Å². The lowest BCUT2D eigenvalue weighted by atomic mass is 9.90. The largest absolute Gasteiger partial charge is 0.356 e. The Morgan fingerprint density at radius 2 is 2.17 bits per heavy atom. The summed E-state index contributed by atoms with van der Waals surface area (Å²) in [6.45, 7) is 3.19. The summed E-state index contributed by atoms with van der Waals surface area (Å²) in [6.07, 6.45) is 6.18. The predicted octanol–water partition coefficient (Wildman–Crippen LogP) is 1.13. The van der Waals surface area contributed by atoms with Gasteiger partial charge >= 0.3 is 0 Å². The highest BCUT2D eigenvalue weighted by atomic mass is 16.1. The summed E-state index contributed by atoms with van der Waals surface area (Å²) in [5.74, 6) is 0.769. The van der Waals surface area contributed by atoms with Crippen molar-refractivity contribution < 1.29 is 0 Å². The molecule has 2 rings (SSSR count). The van der Waals surface area contributed by atoms with Crippen molar-refractivity contribution in [2.24, 2.45) is 0 Å². The number of aromatic nitrogens is 2. The van der Waals surface area contributed by atoms with E-state index in [0.717, 1.165) is 25.2 Å². The van der Waals surface area contributed by atoms with E-state index in [9.17, 15) is 4.79 Å². The number of nitrogens with one attached hydrogen (secondary N) is 2. The molecule has 0 radical (unpaired) electrons. The minimum Gasteiger partial charge on any atom is -0.356 e. The van der Waals surface area contributed by atoms with Crippen molar-refractivity contribution in [1.29, 1.82) is 0 Å². The maximum Gasteiger partial charge on any atom is 0.252 e. The van der Waals surface area contributed by atoms with Gasteiger partial charge in [0.2, 0.25) is 0 Å². The number of H-pyrrole nitrogens is 1. The Bertz CT molecular complexity index is 423. The van der Waals surface area contributed by atoms with Gasteiger partial charge in [-0.1, -0.05) is 6.92 Å². The topological polar surface area (TPSA) is 61.0 Å². The van der Waals surface area contributed by atoms with Crippen LogP contribution in [-0.2, 0) is 0 Å². The van der Waals surface area contributed by atoms with E-state index in [2.05, 4.69) is 27.1 Å². The molecule has 0 aromatic carbocycles. The summed E-state index contributed by atoms with van der Waals surface area (Å²) in [5.41, 5.74) is -0.0896. The first-order valence-corrected chi connectivity index (χ1v) is 6.71. The molecule has 100 valence electrons. The molecule has 1 fully saturated rings. The highest BCUT2D eigenvalue weighted by Crippen LogP contribution is 2.24. The van der Waals surface area contributed by atoms with Gasteiger partial charge in [0, 0.05) is 25.2 Å². The summed E-state index contributed by atoms with van der Waals surface area (Å²) >= 11 is 0. The Morgan fingerprint density at radius 1 is 1.44 bits per heavy atom. The lowest BCUT2D eigenvalue weighted by molar-refractivity contribution is 0.340. The van der Waals surface area contributed by atoms with Gasteiger partial charge in [0.05, 0.1) is 6.33 Å². The molecule has 0 bridgehead atoms. The van der Waals surface area contributed by atoms with Crippen LogP contribution in [0.15, 0.2) is 17.2 Å². The first kappa shape index (κ1) is 13.1. The molecule has 0 amide bonds. The summed E-state index contributed by atoms with van der Waals surface area (Å²) in [5, 5.41) is 3.50. The van der Waals surface area contributed by atoms with Crippen LogP contribution in [0, 0.1) is 0 Å². The van der Waals surface area contributed by atoms with E-state index < -0.39 is 0 Å². The molecule has 18 heavy (non-hydrogen) atoms. The summed E-state index contributed by atoms with van der Waals surface area (Å²) in [4.78, 5) is 20.2. The van der Waals surface area contributed by atoms with Crippen molar-refractivity contribution in [3.05, 3.63) is 22.7 Å². The van der Waals surface area contributed by atoms with Crippen molar-refractivity contribution in [2.75, 3.05) is 18.5 Å².